The Morgan fingerprint density at radius 1 is 0.885 bits per heavy atom. The van der Waals surface area contributed by atoms with E-state index in [1.807, 2.05) is 24.4 Å². The van der Waals surface area contributed by atoms with Gasteiger partial charge in [-0.3, -0.25) is 4.99 Å². The molecule has 0 amide bonds. The second-order valence-electron chi connectivity index (χ2n) is 6.51. The maximum Gasteiger partial charge on any atom is 0.138 e. The zero-order valence-electron chi connectivity index (χ0n) is 15.3. The number of aliphatic imine (C=N–C) groups is 1. The lowest BCUT2D eigenvalue weighted by Gasteiger charge is -2.09. The highest BCUT2D eigenvalue weighted by Crippen LogP contribution is 2.26. The first kappa shape index (κ1) is 18.2. The third kappa shape index (κ3) is 4.74. The predicted octanol–water partition coefficient (Wildman–Crippen LogP) is 6.59. The Balaban J connectivity index is 1.69. The van der Waals surface area contributed by atoms with Gasteiger partial charge in [-0.05, 0) is 67.3 Å². The second kappa shape index (κ2) is 8.20. The number of aryl methyl sites for hydroxylation is 3. The Hall–Kier alpha value is -2.58. The number of hydrogen-bond acceptors (Lipinski definition) is 2. The van der Waals surface area contributed by atoms with Crippen LogP contribution in [0.3, 0.4) is 0 Å². The van der Waals surface area contributed by atoms with Crippen LogP contribution in [0, 0.1) is 20.8 Å². The minimum atomic E-state index is 0.496. The number of rotatable bonds is 5. The Morgan fingerprint density at radius 3 is 2.35 bits per heavy atom. The molecular weight excluding hydrogens is 342 g/mol. The molecule has 0 radical (unpaired) electrons. The van der Waals surface area contributed by atoms with Crippen molar-refractivity contribution in [2.45, 2.75) is 27.4 Å². The maximum absolute atomic E-state index is 6.37. The molecule has 0 aliphatic carbocycles. The van der Waals surface area contributed by atoms with Crippen LogP contribution in [0.15, 0.2) is 65.7 Å². The van der Waals surface area contributed by atoms with Gasteiger partial charge in [-0.2, -0.15) is 0 Å². The first-order valence-electron chi connectivity index (χ1n) is 8.60. The first-order valence-corrected chi connectivity index (χ1v) is 8.98. The van der Waals surface area contributed by atoms with Crippen LogP contribution in [-0.2, 0) is 6.61 Å². The van der Waals surface area contributed by atoms with E-state index in [1.165, 1.54) is 11.1 Å². The van der Waals surface area contributed by atoms with Gasteiger partial charge in [0.15, 0.2) is 0 Å². The van der Waals surface area contributed by atoms with Crippen LogP contribution in [-0.4, -0.2) is 6.21 Å². The molecule has 0 N–H and O–H groups in total. The lowest BCUT2D eigenvalue weighted by molar-refractivity contribution is 0.306. The molecule has 3 aromatic rings. The van der Waals surface area contributed by atoms with Crippen molar-refractivity contribution in [2.75, 3.05) is 0 Å². The molecule has 0 bridgehead atoms. The molecule has 3 rings (SSSR count). The van der Waals surface area contributed by atoms with Crippen LogP contribution in [0.4, 0.5) is 5.69 Å². The summed E-state index contributed by atoms with van der Waals surface area (Å²) in [6, 6.07) is 20.3. The highest BCUT2D eigenvalue weighted by Gasteiger charge is 2.04. The molecule has 132 valence electrons. The monoisotopic (exact) mass is 363 g/mol. The van der Waals surface area contributed by atoms with Crippen LogP contribution >= 0.6 is 11.6 Å². The van der Waals surface area contributed by atoms with Crippen LogP contribution < -0.4 is 4.74 Å². The van der Waals surface area contributed by atoms with E-state index in [-0.39, 0.29) is 0 Å². The minimum absolute atomic E-state index is 0.496. The summed E-state index contributed by atoms with van der Waals surface area (Å²) in [4.78, 5) is 4.58. The Kier molecular flexibility index (Phi) is 5.75. The molecule has 0 heterocycles. The predicted molar refractivity (Wildman–Crippen MR) is 110 cm³/mol. The standard InChI is InChI=1S/C23H22ClNO/c1-16-5-8-19(9-6-16)15-26-23-11-10-20(13-21(23)24)14-25-22-12-17(2)4-7-18(22)3/h4-14H,15H2,1-3H3. The van der Waals surface area contributed by atoms with E-state index in [9.17, 15) is 0 Å². The third-order valence-corrected chi connectivity index (χ3v) is 4.48. The highest BCUT2D eigenvalue weighted by molar-refractivity contribution is 6.32. The second-order valence-corrected chi connectivity index (χ2v) is 6.92. The maximum atomic E-state index is 6.37. The van der Waals surface area contributed by atoms with E-state index < -0.39 is 0 Å². The van der Waals surface area contributed by atoms with Gasteiger partial charge in [0.2, 0.25) is 0 Å². The van der Waals surface area contributed by atoms with Gasteiger partial charge in [-0.15, -0.1) is 0 Å². The van der Waals surface area contributed by atoms with Crippen molar-refractivity contribution >= 4 is 23.5 Å². The largest absolute Gasteiger partial charge is 0.487 e. The van der Waals surface area contributed by atoms with Crippen molar-refractivity contribution in [1.29, 1.82) is 0 Å². The van der Waals surface area contributed by atoms with Gasteiger partial charge in [0.1, 0.15) is 12.4 Å². The Bertz CT molecular complexity index is 929. The van der Waals surface area contributed by atoms with Crippen molar-refractivity contribution in [2.24, 2.45) is 4.99 Å². The molecule has 2 nitrogen and oxygen atoms in total. The lowest BCUT2D eigenvalue weighted by Crippen LogP contribution is -1.96. The van der Waals surface area contributed by atoms with Gasteiger partial charge >= 0.3 is 0 Å². The molecule has 0 saturated carbocycles. The zero-order valence-corrected chi connectivity index (χ0v) is 16.0. The number of nitrogens with zero attached hydrogens (tertiary/aromatic N) is 1. The van der Waals surface area contributed by atoms with E-state index in [2.05, 4.69) is 68.2 Å². The van der Waals surface area contributed by atoms with Crippen LogP contribution in [0.5, 0.6) is 5.75 Å². The average Bonchev–Trinajstić information content (AvgIpc) is 2.63. The van der Waals surface area contributed by atoms with Crippen molar-refractivity contribution in [1.82, 2.24) is 0 Å². The molecule has 0 aliphatic heterocycles. The first-order chi connectivity index (χ1) is 12.5. The normalized spacial score (nSPS) is 11.1. The zero-order chi connectivity index (χ0) is 18.5. The summed E-state index contributed by atoms with van der Waals surface area (Å²) in [5.74, 6) is 0.677. The fraction of sp³-hybridized carbons (Fsp3) is 0.174. The SMILES string of the molecule is Cc1ccc(COc2ccc(C=Nc3cc(C)ccc3C)cc2Cl)cc1. The molecule has 0 atom stereocenters. The number of hydrogen-bond donors (Lipinski definition) is 0. The van der Waals surface area contributed by atoms with Gasteiger partial charge < -0.3 is 4.74 Å². The van der Waals surface area contributed by atoms with Crippen molar-refractivity contribution in [3.05, 3.63) is 93.5 Å². The molecular formula is C23H22ClNO. The van der Waals surface area contributed by atoms with Crippen LogP contribution in [0.1, 0.15) is 27.8 Å². The summed E-state index contributed by atoms with van der Waals surface area (Å²) >= 11 is 6.37. The number of ether oxygens (including phenoxy) is 1. The third-order valence-electron chi connectivity index (χ3n) is 4.19. The van der Waals surface area contributed by atoms with E-state index in [1.54, 1.807) is 0 Å². The molecule has 0 aromatic heterocycles. The molecule has 0 unspecified atom stereocenters. The van der Waals surface area contributed by atoms with E-state index >= 15 is 0 Å². The number of benzene rings is 3. The van der Waals surface area contributed by atoms with E-state index in [4.69, 9.17) is 16.3 Å². The van der Waals surface area contributed by atoms with E-state index in [0.29, 0.717) is 17.4 Å². The fourth-order valence-electron chi connectivity index (χ4n) is 2.56. The summed E-state index contributed by atoms with van der Waals surface area (Å²) in [7, 11) is 0. The molecule has 0 spiro atoms. The molecule has 3 heteroatoms. The summed E-state index contributed by atoms with van der Waals surface area (Å²) < 4.78 is 5.84. The van der Waals surface area contributed by atoms with Crippen molar-refractivity contribution in [3.8, 4) is 5.75 Å². The van der Waals surface area contributed by atoms with Gasteiger partial charge in [-0.1, -0.05) is 53.6 Å². The van der Waals surface area contributed by atoms with Gasteiger partial charge in [-0.25, -0.2) is 0 Å². The summed E-state index contributed by atoms with van der Waals surface area (Å²) in [5.41, 5.74) is 6.61. The van der Waals surface area contributed by atoms with Crippen LogP contribution in [0.25, 0.3) is 0 Å². The van der Waals surface area contributed by atoms with Crippen molar-refractivity contribution < 1.29 is 4.74 Å². The van der Waals surface area contributed by atoms with Gasteiger partial charge in [0.05, 0.1) is 10.7 Å². The summed E-state index contributed by atoms with van der Waals surface area (Å²) in [5, 5.41) is 0.585. The Morgan fingerprint density at radius 2 is 1.62 bits per heavy atom. The van der Waals surface area contributed by atoms with Crippen LogP contribution in [0.2, 0.25) is 5.02 Å². The molecule has 0 saturated heterocycles. The van der Waals surface area contributed by atoms with Crippen molar-refractivity contribution in [3.63, 3.8) is 0 Å². The molecule has 26 heavy (non-hydrogen) atoms. The fourth-order valence-corrected chi connectivity index (χ4v) is 2.81. The molecule has 0 fully saturated rings. The highest BCUT2D eigenvalue weighted by atomic mass is 35.5. The van der Waals surface area contributed by atoms with Gasteiger partial charge in [0.25, 0.3) is 0 Å². The topological polar surface area (TPSA) is 21.6 Å². The minimum Gasteiger partial charge on any atom is -0.487 e. The molecule has 3 aromatic carbocycles. The Labute approximate surface area is 160 Å². The number of halogens is 1. The smallest absolute Gasteiger partial charge is 0.138 e. The van der Waals surface area contributed by atoms with Gasteiger partial charge in [0, 0.05) is 6.21 Å². The average molecular weight is 364 g/mol. The lowest BCUT2D eigenvalue weighted by atomic mass is 10.1. The summed E-state index contributed by atoms with van der Waals surface area (Å²) in [6.07, 6.45) is 1.83. The quantitative estimate of drug-likeness (QED) is 0.468. The molecule has 0 aliphatic rings. The summed E-state index contributed by atoms with van der Waals surface area (Å²) in [6.45, 7) is 6.69. The van der Waals surface area contributed by atoms with E-state index in [0.717, 1.165) is 22.4 Å².